The number of nitrogens with one attached hydrogen (secondary N) is 1. The Bertz CT molecular complexity index is 519. The molecule has 0 bridgehead atoms. The minimum Gasteiger partial charge on any atom is -0.480 e. The van der Waals surface area contributed by atoms with Gasteiger partial charge in [0.15, 0.2) is 0 Å². The van der Waals surface area contributed by atoms with Crippen molar-refractivity contribution in [1.29, 1.82) is 0 Å². The van der Waals surface area contributed by atoms with Crippen molar-refractivity contribution in [3.63, 3.8) is 0 Å². The Morgan fingerprint density at radius 2 is 2.44 bits per heavy atom. The van der Waals surface area contributed by atoms with E-state index in [1.807, 2.05) is 35.9 Å². The predicted octanol–water partition coefficient (Wildman–Crippen LogP) is 0.817. The van der Waals surface area contributed by atoms with Gasteiger partial charge in [-0.15, -0.1) is 0 Å². The van der Waals surface area contributed by atoms with Crippen molar-refractivity contribution in [2.75, 3.05) is 6.54 Å². The molecule has 2 aromatic rings. The number of aryl methyl sites for hydroxylation is 1. The molecule has 2 N–H and O–H groups in total. The molecule has 0 spiro atoms. The van der Waals surface area contributed by atoms with Crippen molar-refractivity contribution >= 4 is 11.6 Å². The minimum atomic E-state index is -0.861. The summed E-state index contributed by atoms with van der Waals surface area (Å²) in [4.78, 5) is 14.7. The van der Waals surface area contributed by atoms with E-state index in [9.17, 15) is 4.79 Å². The molecule has 0 aliphatic heterocycles. The van der Waals surface area contributed by atoms with Crippen molar-refractivity contribution in [2.45, 2.75) is 13.5 Å². The number of nitrogens with zero attached hydrogens (tertiary/aromatic N) is 2. The summed E-state index contributed by atoms with van der Waals surface area (Å²) in [7, 11) is 0. The lowest BCUT2D eigenvalue weighted by atomic mass is 10.3. The molecule has 0 saturated carbocycles. The molecule has 5 heteroatoms. The lowest BCUT2D eigenvalue weighted by molar-refractivity contribution is -0.135. The van der Waals surface area contributed by atoms with Crippen molar-refractivity contribution < 1.29 is 9.90 Å². The highest BCUT2D eigenvalue weighted by Crippen LogP contribution is 2.09. The number of fused-ring (bicyclic) bond motifs is 1. The molecule has 0 radical (unpaired) electrons. The summed E-state index contributed by atoms with van der Waals surface area (Å²) in [6, 6.07) is 3.95. The van der Waals surface area contributed by atoms with Crippen LogP contribution in [-0.4, -0.2) is 27.0 Å². The largest absolute Gasteiger partial charge is 0.480 e. The Kier molecular flexibility index (Phi) is 2.87. The molecule has 0 amide bonds. The lowest BCUT2D eigenvalue weighted by Gasteiger charge is -1.96. The molecular weight excluding hydrogens is 206 g/mol. The maximum absolute atomic E-state index is 10.3. The Hall–Kier alpha value is -1.88. The van der Waals surface area contributed by atoms with E-state index in [-0.39, 0.29) is 6.54 Å². The van der Waals surface area contributed by atoms with Crippen molar-refractivity contribution in [3.8, 4) is 0 Å². The summed E-state index contributed by atoms with van der Waals surface area (Å²) in [6.45, 7) is 2.41. The number of hydrogen-bond acceptors (Lipinski definition) is 3. The quantitative estimate of drug-likeness (QED) is 0.798. The molecule has 0 unspecified atom stereocenters. The number of carboxylic acid groups (broad SMARTS) is 1. The zero-order valence-electron chi connectivity index (χ0n) is 8.97. The van der Waals surface area contributed by atoms with Crippen LogP contribution in [0.15, 0.2) is 24.5 Å². The number of aliphatic carboxylic acids is 1. The van der Waals surface area contributed by atoms with Crippen molar-refractivity contribution in [1.82, 2.24) is 14.7 Å². The number of rotatable bonds is 4. The molecule has 0 saturated heterocycles. The minimum absolute atomic E-state index is 0.0488. The van der Waals surface area contributed by atoms with Gasteiger partial charge in [0.1, 0.15) is 5.65 Å². The monoisotopic (exact) mass is 219 g/mol. The molecule has 0 fully saturated rings. The van der Waals surface area contributed by atoms with E-state index < -0.39 is 5.97 Å². The summed E-state index contributed by atoms with van der Waals surface area (Å²) < 4.78 is 1.94. The standard InChI is InChI=1S/C11H13N3O2/c1-8-3-2-4-14-7-9(13-11(8)14)5-12-6-10(15)16/h2-4,7,12H,5-6H2,1H3,(H,15,16). The van der Waals surface area contributed by atoms with Crippen LogP contribution in [0.2, 0.25) is 0 Å². The smallest absolute Gasteiger partial charge is 0.317 e. The first kappa shape index (κ1) is 10.6. The van der Waals surface area contributed by atoms with Gasteiger partial charge in [-0.05, 0) is 18.6 Å². The van der Waals surface area contributed by atoms with E-state index >= 15 is 0 Å². The Morgan fingerprint density at radius 3 is 3.12 bits per heavy atom. The van der Waals surface area contributed by atoms with Gasteiger partial charge in [0, 0.05) is 18.9 Å². The summed E-state index contributed by atoms with van der Waals surface area (Å²) in [5.74, 6) is -0.861. The van der Waals surface area contributed by atoms with Crippen molar-refractivity contribution in [3.05, 3.63) is 35.8 Å². The highest BCUT2D eigenvalue weighted by atomic mass is 16.4. The molecule has 16 heavy (non-hydrogen) atoms. The van der Waals surface area contributed by atoms with E-state index in [2.05, 4.69) is 10.3 Å². The van der Waals surface area contributed by atoms with Gasteiger partial charge in [-0.3, -0.25) is 4.79 Å². The Morgan fingerprint density at radius 1 is 1.62 bits per heavy atom. The van der Waals surface area contributed by atoms with Crippen LogP contribution in [0, 0.1) is 6.92 Å². The Balaban J connectivity index is 2.14. The zero-order chi connectivity index (χ0) is 11.5. The van der Waals surface area contributed by atoms with E-state index in [1.54, 1.807) is 0 Å². The molecule has 0 aromatic carbocycles. The first-order valence-corrected chi connectivity index (χ1v) is 5.02. The van der Waals surface area contributed by atoms with Gasteiger partial charge in [-0.2, -0.15) is 0 Å². The first-order valence-electron chi connectivity index (χ1n) is 5.02. The van der Waals surface area contributed by atoms with E-state index in [0.29, 0.717) is 6.54 Å². The fraction of sp³-hybridized carbons (Fsp3) is 0.273. The highest BCUT2D eigenvalue weighted by molar-refractivity contribution is 5.68. The molecule has 0 aliphatic rings. The van der Waals surface area contributed by atoms with Gasteiger partial charge >= 0.3 is 5.97 Å². The second kappa shape index (κ2) is 4.32. The molecule has 0 aliphatic carbocycles. The SMILES string of the molecule is Cc1cccn2cc(CNCC(=O)O)nc12. The van der Waals surface area contributed by atoms with Gasteiger partial charge in [0.25, 0.3) is 0 Å². The van der Waals surface area contributed by atoms with Gasteiger partial charge in [-0.25, -0.2) is 4.98 Å². The normalized spacial score (nSPS) is 10.8. The Labute approximate surface area is 92.7 Å². The highest BCUT2D eigenvalue weighted by Gasteiger charge is 2.03. The third kappa shape index (κ3) is 2.20. The predicted molar refractivity (Wildman–Crippen MR) is 59.3 cm³/mol. The van der Waals surface area contributed by atoms with Crippen LogP contribution in [0.25, 0.3) is 5.65 Å². The third-order valence-corrected chi connectivity index (χ3v) is 2.31. The van der Waals surface area contributed by atoms with Crippen molar-refractivity contribution in [2.24, 2.45) is 0 Å². The fourth-order valence-corrected chi connectivity index (χ4v) is 1.59. The van der Waals surface area contributed by atoms with Crippen LogP contribution < -0.4 is 5.32 Å². The fourth-order valence-electron chi connectivity index (χ4n) is 1.59. The van der Waals surface area contributed by atoms with Crippen LogP contribution in [0.3, 0.4) is 0 Å². The first-order chi connectivity index (χ1) is 7.66. The summed E-state index contributed by atoms with van der Waals surface area (Å²) in [5, 5.41) is 11.3. The second-order valence-electron chi connectivity index (χ2n) is 3.65. The number of imidazole rings is 1. The maximum Gasteiger partial charge on any atom is 0.317 e. The van der Waals surface area contributed by atoms with E-state index in [1.165, 1.54) is 0 Å². The molecule has 2 heterocycles. The number of carbonyl (C=O) groups is 1. The lowest BCUT2D eigenvalue weighted by Crippen LogP contribution is -2.21. The third-order valence-electron chi connectivity index (χ3n) is 2.31. The topological polar surface area (TPSA) is 66.6 Å². The van der Waals surface area contributed by atoms with Gasteiger partial charge in [-0.1, -0.05) is 6.07 Å². The molecule has 2 aromatic heterocycles. The molecular formula is C11H13N3O2. The zero-order valence-corrected chi connectivity index (χ0v) is 8.97. The number of pyridine rings is 1. The molecule has 2 rings (SSSR count). The van der Waals surface area contributed by atoms with Crippen LogP contribution in [0.1, 0.15) is 11.3 Å². The number of aromatic nitrogens is 2. The van der Waals surface area contributed by atoms with Gasteiger partial charge in [0.05, 0.1) is 12.2 Å². The second-order valence-corrected chi connectivity index (χ2v) is 3.65. The van der Waals surface area contributed by atoms with E-state index in [0.717, 1.165) is 16.9 Å². The number of carboxylic acids is 1. The van der Waals surface area contributed by atoms with E-state index in [4.69, 9.17) is 5.11 Å². The van der Waals surface area contributed by atoms with Crippen LogP contribution in [0.5, 0.6) is 0 Å². The summed E-state index contributed by atoms with van der Waals surface area (Å²) >= 11 is 0. The average Bonchev–Trinajstić information content (AvgIpc) is 2.61. The van der Waals surface area contributed by atoms with Crippen LogP contribution in [0.4, 0.5) is 0 Å². The molecule has 84 valence electrons. The summed E-state index contributed by atoms with van der Waals surface area (Å²) in [6.07, 6.45) is 3.83. The maximum atomic E-state index is 10.3. The van der Waals surface area contributed by atoms with Crippen LogP contribution >= 0.6 is 0 Å². The molecule has 0 atom stereocenters. The summed E-state index contributed by atoms with van der Waals surface area (Å²) in [5.41, 5.74) is 2.86. The molecule has 5 nitrogen and oxygen atoms in total. The number of hydrogen-bond donors (Lipinski definition) is 2. The van der Waals surface area contributed by atoms with Gasteiger partial charge in [0.2, 0.25) is 0 Å². The average molecular weight is 219 g/mol. The van der Waals surface area contributed by atoms with Crippen LogP contribution in [-0.2, 0) is 11.3 Å². The van der Waals surface area contributed by atoms with Gasteiger partial charge < -0.3 is 14.8 Å².